The minimum absolute atomic E-state index is 0.143. The lowest BCUT2D eigenvalue weighted by atomic mass is 10.2. The van der Waals surface area contributed by atoms with Gasteiger partial charge in [-0.15, -0.1) is 5.10 Å². The standard InChI is InChI=1S/C25H26N6O2/c1-4-10-29(3)12-13-31-22-8-6-19(14-18(22)16-26-31)30-11-9-23-20(25(30)32)15-24(33-23)21-7-5-17(2)27-28-21/h5-9,11,14-16H,4,10,12-13H2,1-3H3. The minimum Gasteiger partial charge on any atom is -0.454 e. The van der Waals surface area contributed by atoms with Gasteiger partial charge in [0.25, 0.3) is 5.56 Å². The third-order valence-electron chi connectivity index (χ3n) is 5.84. The molecule has 5 rings (SSSR count). The summed E-state index contributed by atoms with van der Waals surface area (Å²) < 4.78 is 9.52. The fraction of sp³-hybridized carbons (Fsp3) is 0.280. The number of likely N-dealkylation sites (N-methyl/N-ethyl adjacent to an activating group) is 1. The van der Waals surface area contributed by atoms with E-state index in [4.69, 9.17) is 4.42 Å². The molecule has 4 heterocycles. The van der Waals surface area contributed by atoms with Crippen LogP contribution in [0.3, 0.4) is 0 Å². The normalized spacial score (nSPS) is 11.8. The van der Waals surface area contributed by atoms with Crippen molar-refractivity contribution in [2.45, 2.75) is 26.8 Å². The lowest BCUT2D eigenvalue weighted by molar-refractivity contribution is 0.315. The number of hydrogen-bond acceptors (Lipinski definition) is 6. The van der Waals surface area contributed by atoms with Crippen molar-refractivity contribution in [3.8, 4) is 17.1 Å². The van der Waals surface area contributed by atoms with Gasteiger partial charge in [0.05, 0.1) is 29.3 Å². The first-order valence-electron chi connectivity index (χ1n) is 11.1. The molecule has 0 atom stereocenters. The van der Waals surface area contributed by atoms with E-state index in [1.54, 1.807) is 22.9 Å². The molecule has 0 aliphatic heterocycles. The molecule has 8 heteroatoms. The van der Waals surface area contributed by atoms with Gasteiger partial charge in [0.1, 0.15) is 11.3 Å². The molecule has 0 spiro atoms. The second-order valence-corrected chi connectivity index (χ2v) is 8.35. The molecule has 33 heavy (non-hydrogen) atoms. The van der Waals surface area contributed by atoms with Crippen LogP contribution in [-0.4, -0.2) is 49.6 Å². The van der Waals surface area contributed by atoms with Crippen molar-refractivity contribution in [1.29, 1.82) is 0 Å². The van der Waals surface area contributed by atoms with Crippen LogP contribution in [0.15, 0.2) is 64.1 Å². The minimum atomic E-state index is -0.143. The van der Waals surface area contributed by atoms with E-state index in [0.717, 1.165) is 48.3 Å². The van der Waals surface area contributed by atoms with E-state index in [-0.39, 0.29) is 5.56 Å². The number of fused-ring (bicyclic) bond motifs is 2. The third-order valence-corrected chi connectivity index (χ3v) is 5.84. The van der Waals surface area contributed by atoms with E-state index in [2.05, 4.69) is 34.2 Å². The van der Waals surface area contributed by atoms with E-state index < -0.39 is 0 Å². The van der Waals surface area contributed by atoms with E-state index in [1.807, 2.05) is 48.1 Å². The smallest absolute Gasteiger partial charge is 0.266 e. The predicted octanol–water partition coefficient (Wildman–Crippen LogP) is 4.04. The van der Waals surface area contributed by atoms with Crippen molar-refractivity contribution >= 4 is 21.9 Å². The summed E-state index contributed by atoms with van der Waals surface area (Å²) in [6.45, 7) is 6.89. The Kier molecular flexibility index (Phi) is 5.51. The number of aromatic nitrogens is 5. The van der Waals surface area contributed by atoms with Crippen LogP contribution in [0.2, 0.25) is 0 Å². The zero-order valence-corrected chi connectivity index (χ0v) is 19.0. The third kappa shape index (κ3) is 4.05. The van der Waals surface area contributed by atoms with Gasteiger partial charge in [0.15, 0.2) is 5.76 Å². The fourth-order valence-electron chi connectivity index (χ4n) is 4.06. The van der Waals surface area contributed by atoms with Gasteiger partial charge in [-0.2, -0.15) is 10.2 Å². The highest BCUT2D eigenvalue weighted by Crippen LogP contribution is 2.25. The summed E-state index contributed by atoms with van der Waals surface area (Å²) in [6.07, 6.45) is 4.73. The maximum Gasteiger partial charge on any atom is 0.266 e. The van der Waals surface area contributed by atoms with Crippen LogP contribution < -0.4 is 5.56 Å². The zero-order chi connectivity index (χ0) is 22.9. The van der Waals surface area contributed by atoms with Crippen molar-refractivity contribution in [1.82, 2.24) is 29.4 Å². The van der Waals surface area contributed by atoms with Gasteiger partial charge >= 0.3 is 0 Å². The Labute approximate surface area is 191 Å². The maximum absolute atomic E-state index is 13.2. The van der Waals surface area contributed by atoms with Crippen molar-refractivity contribution < 1.29 is 4.42 Å². The molecule has 5 aromatic rings. The number of aryl methyl sites for hydroxylation is 1. The van der Waals surface area contributed by atoms with Gasteiger partial charge in [-0.05, 0) is 69.4 Å². The molecule has 0 aliphatic rings. The summed E-state index contributed by atoms with van der Waals surface area (Å²) in [6, 6.07) is 13.2. The Balaban J connectivity index is 1.47. The fourth-order valence-corrected chi connectivity index (χ4v) is 4.06. The highest BCUT2D eigenvalue weighted by molar-refractivity contribution is 5.83. The molecule has 4 aromatic heterocycles. The summed E-state index contributed by atoms with van der Waals surface area (Å²) in [5, 5.41) is 14.3. The second kappa shape index (κ2) is 8.63. The van der Waals surface area contributed by atoms with Crippen molar-refractivity contribution in [2.24, 2.45) is 0 Å². The van der Waals surface area contributed by atoms with Crippen LogP contribution in [-0.2, 0) is 6.54 Å². The summed E-state index contributed by atoms with van der Waals surface area (Å²) in [4.78, 5) is 15.6. The van der Waals surface area contributed by atoms with Crippen LogP contribution in [0.4, 0.5) is 0 Å². The topological polar surface area (TPSA) is 82.0 Å². The Morgan fingerprint density at radius 1 is 1.06 bits per heavy atom. The molecule has 1 aromatic carbocycles. The largest absolute Gasteiger partial charge is 0.454 e. The van der Waals surface area contributed by atoms with Crippen LogP contribution in [0.25, 0.3) is 39.0 Å². The molecule has 0 N–H and O–H groups in total. The molecule has 8 nitrogen and oxygen atoms in total. The molecule has 0 saturated heterocycles. The van der Waals surface area contributed by atoms with E-state index in [9.17, 15) is 4.79 Å². The molecule has 0 fully saturated rings. The summed E-state index contributed by atoms with van der Waals surface area (Å²) in [7, 11) is 2.13. The number of pyridine rings is 1. The van der Waals surface area contributed by atoms with Crippen LogP contribution in [0.5, 0.6) is 0 Å². The molecule has 0 amide bonds. The average Bonchev–Trinajstić information content (AvgIpc) is 3.43. The monoisotopic (exact) mass is 442 g/mol. The lowest BCUT2D eigenvalue weighted by Gasteiger charge is -2.15. The average molecular weight is 443 g/mol. The first-order valence-corrected chi connectivity index (χ1v) is 11.1. The molecular weight excluding hydrogens is 416 g/mol. The van der Waals surface area contributed by atoms with Crippen LogP contribution in [0, 0.1) is 6.92 Å². The van der Waals surface area contributed by atoms with Gasteiger partial charge in [0.2, 0.25) is 0 Å². The Hall–Kier alpha value is -3.78. The number of benzene rings is 1. The van der Waals surface area contributed by atoms with Gasteiger partial charge in [0, 0.05) is 23.8 Å². The zero-order valence-electron chi connectivity index (χ0n) is 19.0. The van der Waals surface area contributed by atoms with Gasteiger partial charge in [-0.3, -0.25) is 14.0 Å². The second-order valence-electron chi connectivity index (χ2n) is 8.35. The van der Waals surface area contributed by atoms with Crippen molar-refractivity contribution in [3.63, 3.8) is 0 Å². The summed E-state index contributed by atoms with van der Waals surface area (Å²) in [5.41, 5.74) is 3.65. The number of rotatable bonds is 7. The number of hydrogen-bond donors (Lipinski definition) is 0. The highest BCUT2D eigenvalue weighted by Gasteiger charge is 2.14. The van der Waals surface area contributed by atoms with Gasteiger partial charge in [-0.1, -0.05) is 6.92 Å². The molecule has 0 aliphatic carbocycles. The molecule has 0 saturated carbocycles. The molecule has 0 unspecified atom stereocenters. The predicted molar refractivity (Wildman–Crippen MR) is 129 cm³/mol. The Bertz CT molecular complexity index is 1480. The summed E-state index contributed by atoms with van der Waals surface area (Å²) >= 11 is 0. The van der Waals surface area contributed by atoms with Crippen molar-refractivity contribution in [2.75, 3.05) is 20.1 Å². The van der Waals surface area contributed by atoms with Gasteiger partial charge in [-0.25, -0.2) is 0 Å². The van der Waals surface area contributed by atoms with Crippen molar-refractivity contribution in [3.05, 3.63) is 70.9 Å². The van der Waals surface area contributed by atoms with E-state index in [1.165, 1.54) is 0 Å². The first-order chi connectivity index (χ1) is 16.0. The first kappa shape index (κ1) is 21.1. The molecule has 168 valence electrons. The lowest BCUT2D eigenvalue weighted by Crippen LogP contribution is -2.24. The van der Waals surface area contributed by atoms with Gasteiger partial charge < -0.3 is 9.32 Å². The Morgan fingerprint density at radius 2 is 1.94 bits per heavy atom. The SMILES string of the molecule is CCCN(C)CCn1ncc2cc(-n3ccc4oc(-c5ccc(C)nn5)cc4c3=O)ccc21. The number of furan rings is 1. The Morgan fingerprint density at radius 3 is 2.73 bits per heavy atom. The quantitative estimate of drug-likeness (QED) is 0.378. The molecule has 0 bridgehead atoms. The summed E-state index contributed by atoms with van der Waals surface area (Å²) in [5.74, 6) is 0.525. The van der Waals surface area contributed by atoms with E-state index >= 15 is 0 Å². The number of nitrogens with zero attached hydrogens (tertiary/aromatic N) is 6. The highest BCUT2D eigenvalue weighted by atomic mass is 16.3. The van der Waals surface area contributed by atoms with Crippen LogP contribution in [0.1, 0.15) is 19.0 Å². The molecular formula is C25H26N6O2. The molecule has 0 radical (unpaired) electrons. The van der Waals surface area contributed by atoms with Crippen LogP contribution >= 0.6 is 0 Å². The maximum atomic E-state index is 13.2. The van der Waals surface area contributed by atoms with E-state index in [0.29, 0.717) is 22.4 Å².